The summed E-state index contributed by atoms with van der Waals surface area (Å²) in [6.45, 7) is 0. The Labute approximate surface area is 82.1 Å². The van der Waals surface area contributed by atoms with E-state index in [1.165, 1.54) is 0 Å². The molecule has 0 amide bonds. The van der Waals surface area contributed by atoms with Crippen LogP contribution in [-0.4, -0.2) is 7.11 Å². The molecule has 0 radical (unpaired) electrons. The van der Waals surface area contributed by atoms with Gasteiger partial charge in [0.05, 0.1) is 7.11 Å². The SMILES string of the molecule is COc1ccc(-c2ccc(N)o2)cc1. The molecular formula is C11H11NO2. The number of methoxy groups -OCH3 is 1. The van der Waals surface area contributed by atoms with Crippen LogP contribution in [0, 0.1) is 0 Å². The van der Waals surface area contributed by atoms with Crippen LogP contribution in [0.1, 0.15) is 0 Å². The maximum atomic E-state index is 5.48. The van der Waals surface area contributed by atoms with Crippen LogP contribution >= 0.6 is 0 Å². The van der Waals surface area contributed by atoms with Crippen molar-refractivity contribution in [2.45, 2.75) is 0 Å². The van der Waals surface area contributed by atoms with E-state index in [0.717, 1.165) is 17.1 Å². The Morgan fingerprint density at radius 3 is 2.29 bits per heavy atom. The van der Waals surface area contributed by atoms with Gasteiger partial charge in [-0.1, -0.05) is 0 Å². The van der Waals surface area contributed by atoms with Crippen molar-refractivity contribution >= 4 is 5.88 Å². The molecule has 0 unspecified atom stereocenters. The maximum Gasteiger partial charge on any atom is 0.190 e. The largest absolute Gasteiger partial charge is 0.497 e. The number of benzene rings is 1. The minimum atomic E-state index is 0.427. The Morgan fingerprint density at radius 1 is 1.07 bits per heavy atom. The van der Waals surface area contributed by atoms with Crippen molar-refractivity contribution in [1.82, 2.24) is 0 Å². The van der Waals surface area contributed by atoms with Crippen LogP contribution < -0.4 is 10.5 Å². The van der Waals surface area contributed by atoms with E-state index in [1.54, 1.807) is 13.2 Å². The van der Waals surface area contributed by atoms with Gasteiger partial charge in [0.1, 0.15) is 11.5 Å². The number of hydrogen-bond donors (Lipinski definition) is 1. The molecule has 0 aliphatic heterocycles. The molecule has 0 fully saturated rings. The van der Waals surface area contributed by atoms with Gasteiger partial charge in [0.2, 0.25) is 0 Å². The Hall–Kier alpha value is -1.90. The Balaban J connectivity index is 2.33. The molecule has 3 nitrogen and oxygen atoms in total. The van der Waals surface area contributed by atoms with Crippen molar-refractivity contribution in [3.05, 3.63) is 36.4 Å². The average Bonchev–Trinajstić information content (AvgIpc) is 2.65. The molecule has 14 heavy (non-hydrogen) atoms. The van der Waals surface area contributed by atoms with E-state index in [9.17, 15) is 0 Å². The van der Waals surface area contributed by atoms with E-state index < -0.39 is 0 Å². The highest BCUT2D eigenvalue weighted by atomic mass is 16.5. The van der Waals surface area contributed by atoms with Gasteiger partial charge in [-0.2, -0.15) is 0 Å². The highest BCUT2D eigenvalue weighted by Gasteiger charge is 2.02. The molecule has 0 aliphatic carbocycles. The minimum absolute atomic E-state index is 0.427. The predicted octanol–water partition coefficient (Wildman–Crippen LogP) is 2.54. The van der Waals surface area contributed by atoms with Crippen molar-refractivity contribution in [1.29, 1.82) is 0 Å². The highest BCUT2D eigenvalue weighted by molar-refractivity contribution is 5.60. The van der Waals surface area contributed by atoms with E-state index in [4.69, 9.17) is 14.9 Å². The number of nitrogens with two attached hydrogens (primary N) is 1. The van der Waals surface area contributed by atoms with Crippen molar-refractivity contribution in [2.75, 3.05) is 12.8 Å². The number of anilines is 1. The van der Waals surface area contributed by atoms with Crippen LogP contribution in [-0.2, 0) is 0 Å². The van der Waals surface area contributed by atoms with Gasteiger partial charge in [-0.25, -0.2) is 0 Å². The molecule has 0 atom stereocenters. The van der Waals surface area contributed by atoms with Crippen LogP contribution in [0.5, 0.6) is 5.75 Å². The molecular weight excluding hydrogens is 178 g/mol. The van der Waals surface area contributed by atoms with Crippen LogP contribution in [0.4, 0.5) is 5.88 Å². The lowest BCUT2D eigenvalue weighted by Crippen LogP contribution is -1.81. The smallest absolute Gasteiger partial charge is 0.190 e. The first kappa shape index (κ1) is 8.69. The fourth-order valence-electron chi connectivity index (χ4n) is 1.26. The first-order chi connectivity index (χ1) is 6.79. The third-order valence-electron chi connectivity index (χ3n) is 2.00. The van der Waals surface area contributed by atoms with Crippen molar-refractivity contribution < 1.29 is 9.15 Å². The second kappa shape index (κ2) is 3.46. The topological polar surface area (TPSA) is 48.4 Å². The van der Waals surface area contributed by atoms with Crippen molar-refractivity contribution in [2.24, 2.45) is 0 Å². The number of rotatable bonds is 2. The lowest BCUT2D eigenvalue weighted by Gasteiger charge is -2.00. The third kappa shape index (κ3) is 1.57. The van der Waals surface area contributed by atoms with Crippen LogP contribution in [0.15, 0.2) is 40.8 Å². The van der Waals surface area contributed by atoms with Gasteiger partial charge in [-0.05, 0) is 30.3 Å². The molecule has 0 saturated carbocycles. The summed E-state index contributed by atoms with van der Waals surface area (Å²) < 4.78 is 10.3. The summed E-state index contributed by atoms with van der Waals surface area (Å²) in [7, 11) is 1.64. The number of ether oxygens (including phenoxy) is 1. The Bertz CT molecular complexity index is 417. The molecule has 72 valence electrons. The van der Waals surface area contributed by atoms with Gasteiger partial charge in [-0.3, -0.25) is 0 Å². The Morgan fingerprint density at radius 2 is 1.79 bits per heavy atom. The first-order valence-corrected chi connectivity index (χ1v) is 4.29. The van der Waals surface area contributed by atoms with Gasteiger partial charge in [0.25, 0.3) is 0 Å². The van der Waals surface area contributed by atoms with E-state index in [0.29, 0.717) is 5.88 Å². The average molecular weight is 189 g/mol. The molecule has 0 aliphatic rings. The third-order valence-corrected chi connectivity index (χ3v) is 2.00. The summed E-state index contributed by atoms with van der Waals surface area (Å²) in [5.41, 5.74) is 6.47. The summed E-state index contributed by atoms with van der Waals surface area (Å²) in [6.07, 6.45) is 0. The standard InChI is InChI=1S/C11H11NO2/c1-13-9-4-2-8(3-5-9)10-6-7-11(12)14-10/h2-7H,12H2,1H3. The fourth-order valence-corrected chi connectivity index (χ4v) is 1.26. The van der Waals surface area contributed by atoms with Gasteiger partial charge in [0, 0.05) is 11.6 Å². The van der Waals surface area contributed by atoms with Crippen LogP contribution in [0.3, 0.4) is 0 Å². The van der Waals surface area contributed by atoms with Crippen LogP contribution in [0.25, 0.3) is 11.3 Å². The summed E-state index contributed by atoms with van der Waals surface area (Å²) in [4.78, 5) is 0. The molecule has 3 heteroatoms. The predicted molar refractivity (Wildman–Crippen MR) is 55.1 cm³/mol. The second-order valence-electron chi connectivity index (χ2n) is 2.93. The van der Waals surface area contributed by atoms with Crippen molar-refractivity contribution in [3.8, 4) is 17.1 Å². The van der Waals surface area contributed by atoms with E-state index in [-0.39, 0.29) is 0 Å². The summed E-state index contributed by atoms with van der Waals surface area (Å²) in [6, 6.07) is 11.2. The van der Waals surface area contributed by atoms with Gasteiger partial charge in [0.15, 0.2) is 5.88 Å². The molecule has 0 saturated heterocycles. The van der Waals surface area contributed by atoms with E-state index in [1.807, 2.05) is 30.3 Å². The number of hydrogen-bond acceptors (Lipinski definition) is 3. The zero-order valence-corrected chi connectivity index (χ0v) is 7.86. The summed E-state index contributed by atoms with van der Waals surface area (Å²) in [5.74, 6) is 2.02. The molecule has 0 spiro atoms. The van der Waals surface area contributed by atoms with Crippen LogP contribution in [0.2, 0.25) is 0 Å². The number of nitrogen functional groups attached to an aromatic ring is 1. The van der Waals surface area contributed by atoms with Gasteiger partial charge < -0.3 is 14.9 Å². The molecule has 2 rings (SSSR count). The van der Waals surface area contributed by atoms with E-state index in [2.05, 4.69) is 0 Å². The summed E-state index contributed by atoms with van der Waals surface area (Å²) >= 11 is 0. The van der Waals surface area contributed by atoms with Gasteiger partial charge >= 0.3 is 0 Å². The first-order valence-electron chi connectivity index (χ1n) is 4.29. The van der Waals surface area contributed by atoms with Crippen molar-refractivity contribution in [3.63, 3.8) is 0 Å². The normalized spacial score (nSPS) is 10.1. The monoisotopic (exact) mass is 189 g/mol. The van der Waals surface area contributed by atoms with E-state index >= 15 is 0 Å². The molecule has 1 aromatic carbocycles. The highest BCUT2D eigenvalue weighted by Crippen LogP contribution is 2.24. The number of furan rings is 1. The molecule has 0 bridgehead atoms. The molecule has 2 aromatic rings. The fraction of sp³-hybridized carbons (Fsp3) is 0.0909. The molecule has 2 N–H and O–H groups in total. The Kier molecular flexibility index (Phi) is 2.14. The quantitative estimate of drug-likeness (QED) is 0.789. The van der Waals surface area contributed by atoms with Gasteiger partial charge in [-0.15, -0.1) is 0 Å². The zero-order valence-electron chi connectivity index (χ0n) is 7.86. The lowest BCUT2D eigenvalue weighted by atomic mass is 10.2. The zero-order chi connectivity index (χ0) is 9.97. The summed E-state index contributed by atoms with van der Waals surface area (Å²) in [5, 5.41) is 0. The maximum absolute atomic E-state index is 5.48. The molecule has 1 aromatic heterocycles. The molecule has 1 heterocycles. The second-order valence-corrected chi connectivity index (χ2v) is 2.93. The lowest BCUT2D eigenvalue weighted by molar-refractivity contribution is 0.415. The minimum Gasteiger partial charge on any atom is -0.497 e.